The lowest BCUT2D eigenvalue weighted by molar-refractivity contribution is -0.332. The third-order valence-electron chi connectivity index (χ3n) is 9.31. The van der Waals surface area contributed by atoms with E-state index < -0.39 is 76.7 Å². The van der Waals surface area contributed by atoms with Crippen LogP contribution >= 0.6 is 0 Å². The molecule has 10 nitrogen and oxygen atoms in total. The van der Waals surface area contributed by atoms with Gasteiger partial charge in [0.15, 0.2) is 11.4 Å². The molecule has 4 N–H and O–H groups in total. The number of ether oxygens (including phenoxy) is 3. The number of aliphatic hydroxyl groups is 4. The first-order chi connectivity index (χ1) is 17.8. The number of Topliss-reactive ketones (excluding diaryl/α,β-unsaturated/α-hetero) is 1. The Balaban J connectivity index is 1.77. The Labute approximate surface area is 220 Å². The van der Waals surface area contributed by atoms with E-state index in [0.29, 0.717) is 5.57 Å². The van der Waals surface area contributed by atoms with Gasteiger partial charge in [0.05, 0.1) is 36.2 Å². The number of ketones is 1. The van der Waals surface area contributed by atoms with Gasteiger partial charge in [-0.1, -0.05) is 32.0 Å². The lowest BCUT2D eigenvalue weighted by atomic mass is 9.49. The molecule has 1 saturated heterocycles. The zero-order valence-electron chi connectivity index (χ0n) is 21.8. The molecule has 206 valence electrons. The van der Waals surface area contributed by atoms with Crippen LogP contribution in [-0.2, 0) is 23.8 Å². The van der Waals surface area contributed by atoms with Crippen molar-refractivity contribution in [1.29, 1.82) is 0 Å². The number of esters is 2. The summed E-state index contributed by atoms with van der Waals surface area (Å²) in [7, 11) is 0. The fourth-order valence-electron chi connectivity index (χ4n) is 7.28. The molecule has 2 saturated carbocycles. The van der Waals surface area contributed by atoms with E-state index >= 15 is 0 Å². The van der Waals surface area contributed by atoms with Crippen molar-refractivity contribution in [1.82, 2.24) is 0 Å². The second-order valence-electron chi connectivity index (χ2n) is 11.6. The summed E-state index contributed by atoms with van der Waals surface area (Å²) < 4.78 is 17.5. The highest BCUT2D eigenvalue weighted by atomic mass is 16.6. The Morgan fingerprint density at radius 2 is 1.76 bits per heavy atom. The van der Waals surface area contributed by atoms with Crippen LogP contribution in [0.1, 0.15) is 50.9 Å². The number of carbonyl (C=O) groups is 3. The maximum Gasteiger partial charge on any atom is 0.338 e. The molecule has 9 atom stereocenters. The summed E-state index contributed by atoms with van der Waals surface area (Å²) in [6.45, 7) is 5.85. The van der Waals surface area contributed by atoms with E-state index in [1.54, 1.807) is 39.0 Å². The average Bonchev–Trinajstić information content (AvgIpc) is 2.84. The first kappa shape index (κ1) is 27.0. The summed E-state index contributed by atoms with van der Waals surface area (Å²) in [5.74, 6) is -4.88. The van der Waals surface area contributed by atoms with Gasteiger partial charge >= 0.3 is 11.9 Å². The molecule has 9 unspecified atom stereocenters. The fraction of sp³-hybridized carbons (Fsp3) is 0.607. The van der Waals surface area contributed by atoms with E-state index in [4.69, 9.17) is 14.2 Å². The van der Waals surface area contributed by atoms with Crippen LogP contribution in [0.15, 0.2) is 41.5 Å². The number of fused-ring (bicyclic) bond motifs is 5. The highest BCUT2D eigenvalue weighted by Gasteiger charge is 2.74. The van der Waals surface area contributed by atoms with E-state index in [0.717, 1.165) is 0 Å². The summed E-state index contributed by atoms with van der Waals surface area (Å²) in [5, 5.41) is 46.1. The highest BCUT2D eigenvalue weighted by Crippen LogP contribution is 2.60. The Hall–Kier alpha value is -2.63. The van der Waals surface area contributed by atoms with Crippen molar-refractivity contribution in [3.8, 4) is 0 Å². The lowest BCUT2D eigenvalue weighted by Crippen LogP contribution is -2.79. The monoisotopic (exact) mass is 530 g/mol. The number of carbonyl (C=O) groups excluding carboxylic acids is 3. The molecule has 2 bridgehead atoms. The summed E-state index contributed by atoms with van der Waals surface area (Å²) >= 11 is 0. The van der Waals surface area contributed by atoms with Crippen LogP contribution in [0.3, 0.4) is 0 Å². The quantitative estimate of drug-likeness (QED) is 0.323. The normalized spacial score (nSPS) is 41.6. The molecule has 0 radical (unpaired) electrons. The predicted molar refractivity (Wildman–Crippen MR) is 131 cm³/mol. The van der Waals surface area contributed by atoms with Gasteiger partial charge in [0, 0.05) is 25.2 Å². The SMILES string of the molecule is CC(=O)OC12COC1CC(O)C1C(=O)C(O)C3=C(C)C(O)CC(O)(C(OC(=O)c4ccccc4)C12)C3(C)C. The van der Waals surface area contributed by atoms with Gasteiger partial charge in [0.2, 0.25) is 0 Å². The van der Waals surface area contributed by atoms with E-state index in [2.05, 4.69) is 0 Å². The Bertz CT molecular complexity index is 1190. The van der Waals surface area contributed by atoms with Gasteiger partial charge in [-0.3, -0.25) is 9.59 Å². The van der Waals surface area contributed by atoms with Gasteiger partial charge < -0.3 is 34.6 Å². The highest BCUT2D eigenvalue weighted by molar-refractivity contribution is 5.91. The second-order valence-corrected chi connectivity index (χ2v) is 11.6. The maximum absolute atomic E-state index is 14.0. The third-order valence-corrected chi connectivity index (χ3v) is 9.31. The smallest absolute Gasteiger partial charge is 0.338 e. The van der Waals surface area contributed by atoms with Crippen molar-refractivity contribution >= 4 is 17.7 Å². The Kier molecular flexibility index (Phi) is 6.35. The number of hydrogen-bond acceptors (Lipinski definition) is 10. The second kappa shape index (κ2) is 8.96. The Morgan fingerprint density at radius 1 is 1.11 bits per heavy atom. The van der Waals surface area contributed by atoms with Crippen LogP contribution in [-0.4, -0.2) is 86.5 Å². The number of hydrogen-bond donors (Lipinski definition) is 4. The first-order valence-corrected chi connectivity index (χ1v) is 12.8. The molecule has 1 aromatic rings. The van der Waals surface area contributed by atoms with Crippen molar-refractivity contribution < 1.29 is 49.0 Å². The summed E-state index contributed by atoms with van der Waals surface area (Å²) in [6.07, 6.45) is -7.08. The minimum atomic E-state index is -2.04. The van der Waals surface area contributed by atoms with Gasteiger partial charge in [-0.25, -0.2) is 4.79 Å². The minimum Gasteiger partial charge on any atom is -0.455 e. The van der Waals surface area contributed by atoms with Crippen molar-refractivity contribution in [3.63, 3.8) is 0 Å². The summed E-state index contributed by atoms with van der Waals surface area (Å²) in [5.41, 5.74) is -4.31. The molecule has 1 aromatic carbocycles. The Morgan fingerprint density at radius 3 is 2.34 bits per heavy atom. The largest absolute Gasteiger partial charge is 0.455 e. The lowest BCUT2D eigenvalue weighted by Gasteiger charge is -2.64. The standard InChI is InChI=1S/C28H34O10/c1-13-17(31)11-28(35)24(37-25(34)15-8-6-5-7-9-15)21-19(22(32)23(33)20(13)26(28,3)4)16(30)10-18-27(21,12-36-18)38-14(2)29/h5-9,16-19,21,23-24,30-31,33,35H,10-12H2,1-4H3. The van der Waals surface area contributed by atoms with Gasteiger partial charge in [-0.05, 0) is 30.2 Å². The molecular formula is C28H34O10. The van der Waals surface area contributed by atoms with Crippen LogP contribution in [0, 0.1) is 17.3 Å². The topological polar surface area (TPSA) is 160 Å². The van der Waals surface area contributed by atoms with Gasteiger partial charge in [-0.2, -0.15) is 0 Å². The van der Waals surface area contributed by atoms with Crippen LogP contribution in [0.25, 0.3) is 0 Å². The summed E-state index contributed by atoms with van der Waals surface area (Å²) in [6, 6.07) is 8.08. The number of aliphatic hydroxyl groups excluding tert-OH is 3. The van der Waals surface area contributed by atoms with Crippen molar-refractivity contribution in [2.45, 2.75) is 82.3 Å². The van der Waals surface area contributed by atoms with E-state index in [9.17, 15) is 34.8 Å². The number of rotatable bonds is 3. The molecule has 38 heavy (non-hydrogen) atoms. The van der Waals surface area contributed by atoms with Gasteiger partial charge in [0.25, 0.3) is 0 Å². The molecule has 0 aromatic heterocycles. The molecule has 4 aliphatic rings. The van der Waals surface area contributed by atoms with Crippen LogP contribution < -0.4 is 0 Å². The minimum absolute atomic E-state index is 0.0608. The first-order valence-electron chi connectivity index (χ1n) is 12.8. The molecule has 0 amide bonds. The third kappa shape index (κ3) is 3.61. The van der Waals surface area contributed by atoms with Gasteiger partial charge in [0.1, 0.15) is 23.9 Å². The summed E-state index contributed by atoms with van der Waals surface area (Å²) in [4.78, 5) is 39.8. The average molecular weight is 531 g/mol. The van der Waals surface area contributed by atoms with E-state index in [-0.39, 0.29) is 30.6 Å². The van der Waals surface area contributed by atoms with Crippen LogP contribution in [0.5, 0.6) is 0 Å². The van der Waals surface area contributed by atoms with Crippen molar-refractivity contribution in [3.05, 3.63) is 47.0 Å². The molecule has 10 heteroatoms. The van der Waals surface area contributed by atoms with Crippen LogP contribution in [0.2, 0.25) is 0 Å². The van der Waals surface area contributed by atoms with E-state index in [1.165, 1.54) is 19.1 Å². The maximum atomic E-state index is 14.0. The predicted octanol–water partition coefficient (Wildman–Crippen LogP) is 0.692. The van der Waals surface area contributed by atoms with Gasteiger partial charge in [-0.15, -0.1) is 0 Å². The van der Waals surface area contributed by atoms with Crippen molar-refractivity contribution in [2.75, 3.05) is 6.61 Å². The molecule has 0 spiro atoms. The molecule has 1 heterocycles. The molecular weight excluding hydrogens is 496 g/mol. The van der Waals surface area contributed by atoms with Crippen molar-refractivity contribution in [2.24, 2.45) is 17.3 Å². The number of benzene rings is 1. The fourth-order valence-corrected chi connectivity index (χ4v) is 7.28. The van der Waals surface area contributed by atoms with Crippen LogP contribution in [0.4, 0.5) is 0 Å². The zero-order chi connectivity index (χ0) is 27.8. The molecule has 1 aliphatic heterocycles. The van der Waals surface area contributed by atoms with E-state index in [1.807, 2.05) is 0 Å². The zero-order valence-corrected chi connectivity index (χ0v) is 21.8. The molecule has 3 aliphatic carbocycles. The molecule has 3 fully saturated rings. The molecule has 5 rings (SSSR count).